The summed E-state index contributed by atoms with van der Waals surface area (Å²) in [7, 11) is 4.03. The molecule has 6 heteroatoms. The van der Waals surface area contributed by atoms with Crippen molar-refractivity contribution < 1.29 is 4.42 Å². The van der Waals surface area contributed by atoms with Crippen molar-refractivity contribution in [1.29, 1.82) is 0 Å². The second kappa shape index (κ2) is 7.35. The van der Waals surface area contributed by atoms with Crippen LogP contribution in [0.4, 0.5) is 5.69 Å². The third-order valence-electron chi connectivity index (χ3n) is 5.12. The van der Waals surface area contributed by atoms with Gasteiger partial charge < -0.3 is 19.7 Å². The molecule has 1 fully saturated rings. The quantitative estimate of drug-likeness (QED) is 0.375. The minimum absolute atomic E-state index is 0.630. The van der Waals surface area contributed by atoms with Gasteiger partial charge in [-0.05, 0) is 68.8 Å². The molecule has 0 bridgehead atoms. The number of amidine groups is 1. The van der Waals surface area contributed by atoms with Crippen LogP contribution in [0.2, 0.25) is 0 Å². The smallest absolute Gasteiger partial charge is 0.184 e. The first-order valence-corrected chi connectivity index (χ1v) is 9.10. The maximum absolute atomic E-state index is 5.47. The van der Waals surface area contributed by atoms with Crippen LogP contribution in [0.15, 0.2) is 52.2 Å². The summed E-state index contributed by atoms with van der Waals surface area (Å²) >= 11 is 0. The zero-order valence-electron chi connectivity index (χ0n) is 15.2. The van der Waals surface area contributed by atoms with Crippen molar-refractivity contribution in [1.82, 2.24) is 20.7 Å². The molecule has 2 aromatic heterocycles. The Hall–Kier alpha value is -2.57. The van der Waals surface area contributed by atoms with E-state index in [1.54, 1.807) is 6.26 Å². The van der Waals surface area contributed by atoms with Gasteiger partial charge in [-0.3, -0.25) is 0 Å². The van der Waals surface area contributed by atoms with Crippen molar-refractivity contribution >= 4 is 22.4 Å². The first-order valence-electron chi connectivity index (χ1n) is 9.10. The number of hydrogen-bond acceptors (Lipinski definition) is 4. The topological polar surface area (TPSA) is 68.6 Å². The minimum Gasteiger partial charge on any atom is -0.461 e. The minimum atomic E-state index is 0.630. The number of aromatic amines is 1. The first-order chi connectivity index (χ1) is 12.7. The summed E-state index contributed by atoms with van der Waals surface area (Å²) in [5.74, 6) is 1.35. The Kier molecular flexibility index (Phi) is 4.77. The van der Waals surface area contributed by atoms with Gasteiger partial charge in [0.05, 0.1) is 12.0 Å². The Morgan fingerprint density at radius 2 is 2.31 bits per heavy atom. The van der Waals surface area contributed by atoms with E-state index in [0.717, 1.165) is 17.6 Å². The van der Waals surface area contributed by atoms with Crippen LogP contribution in [-0.4, -0.2) is 42.4 Å². The summed E-state index contributed by atoms with van der Waals surface area (Å²) in [4.78, 5) is 10.6. The highest BCUT2D eigenvalue weighted by Crippen LogP contribution is 2.28. The monoisotopic (exact) mass is 351 g/mol. The Morgan fingerprint density at radius 1 is 1.38 bits per heavy atom. The number of H-pyrrole nitrogens is 1. The molecule has 6 nitrogen and oxygen atoms in total. The van der Waals surface area contributed by atoms with E-state index >= 15 is 0 Å². The molecular formula is C20H25N5O. The van der Waals surface area contributed by atoms with E-state index in [9.17, 15) is 0 Å². The zero-order valence-corrected chi connectivity index (χ0v) is 15.2. The van der Waals surface area contributed by atoms with Gasteiger partial charge in [0, 0.05) is 30.2 Å². The van der Waals surface area contributed by atoms with E-state index in [4.69, 9.17) is 9.41 Å². The number of nitrogens with zero attached hydrogens (tertiary/aromatic N) is 2. The molecule has 0 radical (unpaired) electrons. The maximum Gasteiger partial charge on any atom is 0.184 e. The van der Waals surface area contributed by atoms with Crippen molar-refractivity contribution in [2.75, 3.05) is 20.6 Å². The lowest BCUT2D eigenvalue weighted by atomic mass is 10.0. The highest BCUT2D eigenvalue weighted by Gasteiger charge is 2.22. The van der Waals surface area contributed by atoms with Crippen LogP contribution in [-0.2, 0) is 6.42 Å². The van der Waals surface area contributed by atoms with Gasteiger partial charge in [0.15, 0.2) is 11.6 Å². The Morgan fingerprint density at radius 3 is 3.04 bits per heavy atom. The fourth-order valence-electron chi connectivity index (χ4n) is 3.70. The van der Waals surface area contributed by atoms with Crippen LogP contribution in [0.25, 0.3) is 10.9 Å². The van der Waals surface area contributed by atoms with Gasteiger partial charge in [-0.15, -0.1) is 0 Å². The van der Waals surface area contributed by atoms with Crippen LogP contribution in [0.5, 0.6) is 0 Å². The summed E-state index contributed by atoms with van der Waals surface area (Å²) < 4.78 is 5.47. The zero-order chi connectivity index (χ0) is 17.9. The molecule has 0 spiro atoms. The average molecular weight is 351 g/mol. The molecule has 1 aliphatic rings. The number of likely N-dealkylation sites (N-methyl/N-ethyl adjacent to an activating group) is 1. The van der Waals surface area contributed by atoms with E-state index in [0.29, 0.717) is 17.6 Å². The second-order valence-corrected chi connectivity index (χ2v) is 6.84. The normalized spacial score (nSPS) is 18.7. The highest BCUT2D eigenvalue weighted by molar-refractivity contribution is 5.98. The molecule has 3 heterocycles. The SMILES string of the molecule is CNNC(=Nc1ccc2[nH]cc(C[C@H]3CCCN3C)c2c1)c1ccco1. The van der Waals surface area contributed by atoms with Crippen molar-refractivity contribution in [2.24, 2.45) is 4.99 Å². The van der Waals surface area contributed by atoms with Gasteiger partial charge >= 0.3 is 0 Å². The maximum atomic E-state index is 5.47. The fraction of sp³-hybridized carbons (Fsp3) is 0.350. The van der Waals surface area contributed by atoms with Gasteiger partial charge in [0.2, 0.25) is 0 Å². The van der Waals surface area contributed by atoms with Crippen LogP contribution in [0.1, 0.15) is 24.2 Å². The van der Waals surface area contributed by atoms with E-state index in [2.05, 4.69) is 46.1 Å². The van der Waals surface area contributed by atoms with E-state index in [-0.39, 0.29) is 0 Å². The van der Waals surface area contributed by atoms with Gasteiger partial charge in [-0.25, -0.2) is 10.4 Å². The molecule has 1 saturated heterocycles. The largest absolute Gasteiger partial charge is 0.461 e. The van der Waals surface area contributed by atoms with Gasteiger partial charge in [0.25, 0.3) is 0 Å². The first kappa shape index (κ1) is 16.9. The third kappa shape index (κ3) is 3.38. The predicted molar refractivity (Wildman–Crippen MR) is 105 cm³/mol. The Labute approximate surface area is 153 Å². The van der Waals surface area contributed by atoms with Crippen LogP contribution in [0.3, 0.4) is 0 Å². The van der Waals surface area contributed by atoms with Crippen LogP contribution < -0.4 is 10.9 Å². The summed E-state index contributed by atoms with van der Waals surface area (Å²) in [5, 5.41) is 1.25. The number of rotatable bonds is 5. The number of benzene rings is 1. The molecule has 0 unspecified atom stereocenters. The molecule has 26 heavy (non-hydrogen) atoms. The molecule has 1 atom stereocenters. The number of fused-ring (bicyclic) bond motifs is 1. The lowest BCUT2D eigenvalue weighted by Crippen LogP contribution is -2.34. The number of aliphatic imine (C=N–C) groups is 1. The number of likely N-dealkylation sites (tertiary alicyclic amines) is 1. The molecule has 4 rings (SSSR count). The second-order valence-electron chi connectivity index (χ2n) is 6.84. The lowest BCUT2D eigenvalue weighted by Gasteiger charge is -2.18. The molecule has 0 aliphatic carbocycles. The standard InChI is InChI=1S/C20H25N5O/c1-21-24-20(19-6-4-10-26-19)23-15-7-8-18-17(12-15)14(13-22-18)11-16-5-3-9-25(16)2/h4,6-8,10,12-13,16,21-22H,3,5,9,11H2,1-2H3,(H,23,24)/t16-/m1/s1. The van der Waals surface area contributed by atoms with Gasteiger partial charge in [0.1, 0.15) is 0 Å². The molecule has 1 aromatic carbocycles. The van der Waals surface area contributed by atoms with Crippen molar-refractivity contribution in [2.45, 2.75) is 25.3 Å². The lowest BCUT2D eigenvalue weighted by molar-refractivity contribution is 0.310. The summed E-state index contributed by atoms with van der Waals surface area (Å²) in [5.41, 5.74) is 9.37. The van der Waals surface area contributed by atoms with Crippen LogP contribution >= 0.6 is 0 Å². The summed E-state index contributed by atoms with van der Waals surface area (Å²) in [6.07, 6.45) is 7.43. The predicted octanol–water partition coefficient (Wildman–Crippen LogP) is 3.20. The van der Waals surface area contributed by atoms with Crippen molar-refractivity contribution in [3.05, 3.63) is 54.1 Å². The summed E-state index contributed by atoms with van der Waals surface area (Å²) in [6, 6.07) is 10.6. The fourth-order valence-corrected chi connectivity index (χ4v) is 3.70. The molecule has 3 aromatic rings. The number of aromatic nitrogens is 1. The van der Waals surface area contributed by atoms with Crippen LogP contribution in [0, 0.1) is 0 Å². The Bertz CT molecular complexity index is 896. The third-order valence-corrected chi connectivity index (χ3v) is 5.12. The van der Waals surface area contributed by atoms with E-state index in [1.165, 1.54) is 30.3 Å². The average Bonchev–Trinajstić information content (AvgIpc) is 3.38. The van der Waals surface area contributed by atoms with Crippen molar-refractivity contribution in [3.8, 4) is 0 Å². The highest BCUT2D eigenvalue weighted by atomic mass is 16.3. The van der Waals surface area contributed by atoms with Crippen molar-refractivity contribution in [3.63, 3.8) is 0 Å². The Balaban J connectivity index is 1.66. The molecule has 136 valence electrons. The number of nitrogens with one attached hydrogen (secondary N) is 3. The summed E-state index contributed by atoms with van der Waals surface area (Å²) in [6.45, 7) is 1.20. The molecule has 0 amide bonds. The van der Waals surface area contributed by atoms with Gasteiger partial charge in [-0.2, -0.15) is 0 Å². The van der Waals surface area contributed by atoms with Gasteiger partial charge in [-0.1, -0.05) is 0 Å². The van der Waals surface area contributed by atoms with E-state index in [1.807, 2.05) is 25.2 Å². The molecular weight excluding hydrogens is 326 g/mol. The molecule has 3 N–H and O–H groups in total. The number of furan rings is 1. The molecule has 0 saturated carbocycles. The van der Waals surface area contributed by atoms with E-state index < -0.39 is 0 Å². The molecule has 1 aliphatic heterocycles. The number of hydrogen-bond donors (Lipinski definition) is 3. The number of hydrazine groups is 1.